The summed E-state index contributed by atoms with van der Waals surface area (Å²) in [5.74, 6) is -0.348. The van der Waals surface area contributed by atoms with Crippen molar-refractivity contribution in [3.05, 3.63) is 65.5 Å². The summed E-state index contributed by atoms with van der Waals surface area (Å²) in [5, 5.41) is 0.673. The molecule has 0 amide bonds. The fourth-order valence-corrected chi connectivity index (χ4v) is 3.48. The van der Waals surface area contributed by atoms with Gasteiger partial charge >= 0.3 is 0 Å². The lowest BCUT2D eigenvalue weighted by Gasteiger charge is -2.15. The number of hydrogen-bond acceptors (Lipinski definition) is 2. The fraction of sp³-hybridized carbons (Fsp3) is 0.200. The number of alkyl halides is 1. The van der Waals surface area contributed by atoms with E-state index >= 15 is 0 Å². The number of sulfonamides is 1. The Labute approximate surface area is 132 Å². The molecule has 0 aromatic heterocycles. The highest BCUT2D eigenvalue weighted by Crippen LogP contribution is 2.18. The lowest BCUT2D eigenvalue weighted by Crippen LogP contribution is -2.26. The normalized spacial score (nSPS) is 13.1. The fourth-order valence-electron chi connectivity index (χ4n) is 1.88. The Bertz CT molecular complexity index is 699. The predicted octanol–water partition coefficient (Wildman–Crippen LogP) is 3.76. The van der Waals surface area contributed by atoms with E-state index in [1.54, 1.807) is 43.3 Å². The molecule has 0 aliphatic carbocycles. The van der Waals surface area contributed by atoms with Gasteiger partial charge in [-0.3, -0.25) is 0 Å². The Morgan fingerprint density at radius 2 is 1.67 bits per heavy atom. The van der Waals surface area contributed by atoms with Gasteiger partial charge in [-0.25, -0.2) is 17.5 Å². The summed E-state index contributed by atoms with van der Waals surface area (Å²) >= 11 is 3.31. The van der Waals surface area contributed by atoms with Crippen molar-refractivity contribution in [3.63, 3.8) is 0 Å². The molecule has 0 bridgehead atoms. The van der Waals surface area contributed by atoms with Gasteiger partial charge in [0.05, 0.1) is 4.90 Å². The second-order valence-electron chi connectivity index (χ2n) is 4.67. The van der Waals surface area contributed by atoms with Gasteiger partial charge in [-0.2, -0.15) is 0 Å². The zero-order valence-electron chi connectivity index (χ0n) is 11.4. The number of nitrogens with one attached hydrogen (secondary N) is 1. The molecule has 21 heavy (non-hydrogen) atoms. The first kappa shape index (κ1) is 16.1. The molecule has 0 spiro atoms. The van der Waals surface area contributed by atoms with Crippen molar-refractivity contribution >= 4 is 26.0 Å². The molecule has 112 valence electrons. The van der Waals surface area contributed by atoms with Crippen molar-refractivity contribution in [1.82, 2.24) is 4.72 Å². The largest absolute Gasteiger partial charge is 0.241 e. The minimum Gasteiger partial charge on any atom is -0.207 e. The molecule has 0 unspecified atom stereocenters. The molecule has 0 aliphatic heterocycles. The molecule has 2 aromatic carbocycles. The topological polar surface area (TPSA) is 46.2 Å². The average molecular weight is 372 g/mol. The number of hydrogen-bond donors (Lipinski definition) is 1. The van der Waals surface area contributed by atoms with E-state index in [0.717, 1.165) is 5.56 Å². The molecular weight excluding hydrogens is 357 g/mol. The maximum absolute atomic E-state index is 12.9. The van der Waals surface area contributed by atoms with Crippen LogP contribution in [0.4, 0.5) is 4.39 Å². The van der Waals surface area contributed by atoms with E-state index in [1.165, 1.54) is 12.1 Å². The van der Waals surface area contributed by atoms with Crippen LogP contribution < -0.4 is 4.72 Å². The van der Waals surface area contributed by atoms with Crippen molar-refractivity contribution < 1.29 is 12.8 Å². The van der Waals surface area contributed by atoms with Crippen molar-refractivity contribution in [3.8, 4) is 0 Å². The summed E-state index contributed by atoms with van der Waals surface area (Å²) < 4.78 is 40.0. The third-order valence-corrected chi connectivity index (χ3v) is 5.29. The van der Waals surface area contributed by atoms with E-state index in [2.05, 4.69) is 20.7 Å². The van der Waals surface area contributed by atoms with Crippen LogP contribution in [0.3, 0.4) is 0 Å². The van der Waals surface area contributed by atoms with E-state index < -0.39 is 16.1 Å². The Morgan fingerprint density at radius 3 is 2.19 bits per heavy atom. The van der Waals surface area contributed by atoms with Gasteiger partial charge in [0.2, 0.25) is 10.0 Å². The van der Waals surface area contributed by atoms with E-state index in [9.17, 15) is 12.8 Å². The Kier molecular flexibility index (Phi) is 5.13. The second kappa shape index (κ2) is 6.68. The summed E-state index contributed by atoms with van der Waals surface area (Å²) in [6.07, 6.45) is 0. The van der Waals surface area contributed by atoms with Crippen LogP contribution in [0, 0.1) is 5.82 Å². The van der Waals surface area contributed by atoms with Crippen LogP contribution in [-0.2, 0) is 15.4 Å². The number of rotatable bonds is 5. The standard InChI is InChI=1S/C15H15BrFNO2S/c1-11(13-4-6-14(17)7-5-13)18-21(19,20)15-8-2-12(10-16)3-9-15/h2-9,11,18H,10H2,1H3/t11-/m1/s1. The maximum Gasteiger partial charge on any atom is 0.241 e. The molecule has 0 saturated carbocycles. The Balaban J connectivity index is 2.17. The van der Waals surface area contributed by atoms with Crippen molar-refractivity contribution in [2.75, 3.05) is 0 Å². The summed E-state index contributed by atoms with van der Waals surface area (Å²) in [6.45, 7) is 1.72. The van der Waals surface area contributed by atoms with Gasteiger partial charge < -0.3 is 0 Å². The zero-order valence-corrected chi connectivity index (χ0v) is 13.8. The van der Waals surface area contributed by atoms with Crippen molar-refractivity contribution in [2.24, 2.45) is 0 Å². The van der Waals surface area contributed by atoms with Gasteiger partial charge in [0, 0.05) is 11.4 Å². The van der Waals surface area contributed by atoms with E-state index in [-0.39, 0.29) is 10.7 Å². The highest BCUT2D eigenvalue weighted by atomic mass is 79.9. The first-order chi connectivity index (χ1) is 9.92. The number of benzene rings is 2. The molecule has 1 N–H and O–H groups in total. The molecule has 0 saturated heterocycles. The Hall–Kier alpha value is -1.24. The minimum absolute atomic E-state index is 0.209. The summed E-state index contributed by atoms with van der Waals surface area (Å²) in [7, 11) is -3.60. The summed E-state index contributed by atoms with van der Waals surface area (Å²) in [5.41, 5.74) is 1.71. The van der Waals surface area contributed by atoms with Crippen molar-refractivity contribution in [2.45, 2.75) is 23.2 Å². The molecule has 3 nitrogen and oxygen atoms in total. The third kappa shape index (κ3) is 4.12. The van der Waals surface area contributed by atoms with Gasteiger partial charge in [0.1, 0.15) is 5.82 Å². The smallest absolute Gasteiger partial charge is 0.207 e. The van der Waals surface area contributed by atoms with Crippen LogP contribution >= 0.6 is 15.9 Å². The highest BCUT2D eigenvalue weighted by Gasteiger charge is 2.18. The van der Waals surface area contributed by atoms with Crippen LogP contribution in [0.2, 0.25) is 0 Å². The highest BCUT2D eigenvalue weighted by molar-refractivity contribution is 9.08. The zero-order chi connectivity index (χ0) is 15.5. The third-order valence-electron chi connectivity index (χ3n) is 3.09. The molecular formula is C15H15BrFNO2S. The van der Waals surface area contributed by atoms with E-state index in [4.69, 9.17) is 0 Å². The monoisotopic (exact) mass is 371 g/mol. The molecule has 0 fully saturated rings. The van der Waals surface area contributed by atoms with E-state index in [0.29, 0.717) is 10.9 Å². The van der Waals surface area contributed by atoms with Gasteiger partial charge in [0.15, 0.2) is 0 Å². The first-order valence-electron chi connectivity index (χ1n) is 6.35. The molecule has 0 aliphatic rings. The van der Waals surface area contributed by atoms with Gasteiger partial charge in [-0.15, -0.1) is 0 Å². The molecule has 6 heteroatoms. The molecule has 2 rings (SSSR count). The quantitative estimate of drug-likeness (QED) is 0.813. The molecule has 1 atom stereocenters. The first-order valence-corrected chi connectivity index (χ1v) is 8.95. The lowest BCUT2D eigenvalue weighted by atomic mass is 10.1. The molecule has 0 radical (unpaired) electrons. The summed E-state index contributed by atoms with van der Waals surface area (Å²) in [6, 6.07) is 12.0. The van der Waals surface area contributed by atoms with Gasteiger partial charge in [0.25, 0.3) is 0 Å². The predicted molar refractivity (Wildman–Crippen MR) is 84.2 cm³/mol. The lowest BCUT2D eigenvalue weighted by molar-refractivity contribution is 0.566. The van der Waals surface area contributed by atoms with Crippen LogP contribution in [-0.4, -0.2) is 8.42 Å². The van der Waals surface area contributed by atoms with Gasteiger partial charge in [-0.05, 0) is 42.3 Å². The number of halogens is 2. The van der Waals surface area contributed by atoms with Crippen LogP contribution in [0.5, 0.6) is 0 Å². The molecule has 0 heterocycles. The van der Waals surface area contributed by atoms with E-state index in [1.807, 2.05) is 0 Å². The minimum atomic E-state index is -3.60. The summed E-state index contributed by atoms with van der Waals surface area (Å²) in [4.78, 5) is 0.209. The van der Waals surface area contributed by atoms with Gasteiger partial charge in [-0.1, -0.05) is 40.2 Å². The van der Waals surface area contributed by atoms with Crippen molar-refractivity contribution in [1.29, 1.82) is 0 Å². The SMILES string of the molecule is C[C@@H](NS(=O)(=O)c1ccc(CBr)cc1)c1ccc(F)cc1. The van der Waals surface area contributed by atoms with Crippen LogP contribution in [0.1, 0.15) is 24.1 Å². The average Bonchev–Trinajstić information content (AvgIpc) is 2.47. The maximum atomic E-state index is 12.9. The van der Waals surface area contributed by atoms with Crippen LogP contribution in [0.25, 0.3) is 0 Å². The molecule has 2 aromatic rings. The Morgan fingerprint density at radius 1 is 1.10 bits per heavy atom. The second-order valence-corrected chi connectivity index (χ2v) is 6.95. The van der Waals surface area contributed by atoms with Crippen LogP contribution in [0.15, 0.2) is 53.4 Å².